The van der Waals surface area contributed by atoms with E-state index in [1.54, 1.807) is 32.2 Å². The van der Waals surface area contributed by atoms with Crippen LogP contribution in [0.5, 0.6) is 6.01 Å². The van der Waals surface area contributed by atoms with Gasteiger partial charge in [-0.2, -0.15) is 10.1 Å². The number of esters is 1. The van der Waals surface area contributed by atoms with Crippen molar-refractivity contribution in [2.75, 3.05) is 19.8 Å². The highest BCUT2D eigenvalue weighted by Gasteiger charge is 2.20. The van der Waals surface area contributed by atoms with Crippen LogP contribution in [0.1, 0.15) is 42.3 Å². The normalized spacial score (nSPS) is 10.9. The first kappa shape index (κ1) is 27.2. The Kier molecular flexibility index (Phi) is 9.12. The molecular weight excluding hydrogens is 500 g/mol. The summed E-state index contributed by atoms with van der Waals surface area (Å²) >= 11 is 0. The minimum Gasteiger partial charge on any atom is -0.465 e. The number of carbonyl (C=O) groups excluding carboxylic acids is 2. The van der Waals surface area contributed by atoms with Crippen molar-refractivity contribution in [1.82, 2.24) is 15.1 Å². The second-order valence-electron chi connectivity index (χ2n) is 8.23. The number of imidazole rings is 1. The van der Waals surface area contributed by atoms with Gasteiger partial charge in [-0.1, -0.05) is 54.6 Å². The van der Waals surface area contributed by atoms with Crippen LogP contribution in [0.4, 0.5) is 4.79 Å². The molecule has 1 aromatic heterocycles. The number of ether oxygens (including phenoxy) is 3. The lowest BCUT2D eigenvalue weighted by Crippen LogP contribution is -2.16. The number of fused-ring (bicyclic) bond motifs is 1. The zero-order valence-electron chi connectivity index (χ0n) is 22.0. The number of hydrogen-bond acceptors (Lipinski definition) is 9. The second-order valence-corrected chi connectivity index (χ2v) is 8.23. The standard InChI is InChI=1S/C29H30N4O6/c1-4-36-27(34)24-12-9-13-25-26(24)33(28(31-25)37-5-2)19-20-14-16-21(17-15-20)23-11-8-7-10-22(23)18-30-32-39-29(35)38-6-3/h7-18,32H,4-6,19H2,1-3H3. The van der Waals surface area contributed by atoms with Crippen LogP contribution in [-0.4, -0.2) is 47.7 Å². The summed E-state index contributed by atoms with van der Waals surface area (Å²) in [5, 5.41) is 3.95. The molecular formula is C29H30N4O6. The first-order valence-corrected chi connectivity index (χ1v) is 12.6. The average Bonchev–Trinajstić information content (AvgIpc) is 3.29. The van der Waals surface area contributed by atoms with E-state index in [4.69, 9.17) is 9.47 Å². The molecule has 1 heterocycles. The van der Waals surface area contributed by atoms with Crippen LogP contribution in [0.25, 0.3) is 22.2 Å². The maximum atomic E-state index is 12.7. The molecule has 39 heavy (non-hydrogen) atoms. The molecule has 10 nitrogen and oxygen atoms in total. The Morgan fingerprint density at radius 1 is 0.923 bits per heavy atom. The first-order valence-electron chi connectivity index (χ1n) is 12.6. The number of aromatic nitrogens is 2. The summed E-state index contributed by atoms with van der Waals surface area (Å²) in [4.78, 5) is 33.2. The smallest absolute Gasteiger partial charge is 0.465 e. The second kappa shape index (κ2) is 13.1. The molecule has 0 amide bonds. The topological polar surface area (TPSA) is 113 Å². The van der Waals surface area contributed by atoms with Gasteiger partial charge in [0.1, 0.15) is 0 Å². The third-order valence-electron chi connectivity index (χ3n) is 5.71. The molecule has 0 aliphatic carbocycles. The highest BCUT2D eigenvalue weighted by molar-refractivity contribution is 6.02. The monoisotopic (exact) mass is 530 g/mol. The van der Waals surface area contributed by atoms with E-state index in [-0.39, 0.29) is 13.2 Å². The molecule has 1 N–H and O–H groups in total. The Labute approximate surface area is 226 Å². The Morgan fingerprint density at radius 2 is 1.69 bits per heavy atom. The SMILES string of the molecule is CCOC(=O)ONN=Cc1ccccc1-c1ccc(Cn2c(OCC)nc3cccc(C(=O)OCC)c32)cc1. The molecule has 0 aliphatic heterocycles. The van der Waals surface area contributed by atoms with E-state index in [1.165, 1.54) is 0 Å². The van der Waals surface area contributed by atoms with E-state index >= 15 is 0 Å². The molecule has 202 valence electrons. The van der Waals surface area contributed by atoms with Crippen LogP contribution in [0.2, 0.25) is 0 Å². The minimum absolute atomic E-state index is 0.208. The summed E-state index contributed by atoms with van der Waals surface area (Å²) in [6, 6.07) is 21.6. The summed E-state index contributed by atoms with van der Waals surface area (Å²) in [6.07, 6.45) is 0.705. The number of rotatable bonds is 11. The summed E-state index contributed by atoms with van der Waals surface area (Å²) in [7, 11) is 0. The molecule has 0 radical (unpaired) electrons. The summed E-state index contributed by atoms with van der Waals surface area (Å²) in [6.45, 7) is 6.73. The molecule has 3 aromatic carbocycles. The fraction of sp³-hybridized carbons (Fsp3) is 0.241. The minimum atomic E-state index is -0.855. The Morgan fingerprint density at radius 3 is 2.44 bits per heavy atom. The fourth-order valence-electron chi connectivity index (χ4n) is 4.08. The van der Waals surface area contributed by atoms with Crippen molar-refractivity contribution in [2.45, 2.75) is 27.3 Å². The van der Waals surface area contributed by atoms with Gasteiger partial charge in [0.25, 0.3) is 6.01 Å². The van der Waals surface area contributed by atoms with Gasteiger partial charge in [0.05, 0.1) is 49.2 Å². The van der Waals surface area contributed by atoms with Gasteiger partial charge in [0.2, 0.25) is 0 Å². The zero-order chi connectivity index (χ0) is 27.6. The Bertz CT molecular complexity index is 1460. The van der Waals surface area contributed by atoms with Crippen LogP contribution < -0.4 is 10.3 Å². The van der Waals surface area contributed by atoms with Gasteiger partial charge in [0.15, 0.2) is 0 Å². The number of benzene rings is 3. The number of nitrogens with zero attached hydrogens (tertiary/aromatic N) is 3. The molecule has 4 rings (SSSR count). The molecule has 0 atom stereocenters. The molecule has 10 heteroatoms. The highest BCUT2D eigenvalue weighted by Crippen LogP contribution is 2.28. The van der Waals surface area contributed by atoms with E-state index in [9.17, 15) is 9.59 Å². The number of carbonyl (C=O) groups is 2. The van der Waals surface area contributed by atoms with Gasteiger partial charge < -0.3 is 14.2 Å². The maximum Gasteiger partial charge on any atom is 0.534 e. The summed E-state index contributed by atoms with van der Waals surface area (Å²) in [5.41, 5.74) is 7.73. The molecule has 0 aliphatic rings. The molecule has 0 saturated heterocycles. The van der Waals surface area contributed by atoms with Gasteiger partial charge >= 0.3 is 12.1 Å². The van der Waals surface area contributed by atoms with Crippen molar-refractivity contribution < 1.29 is 28.6 Å². The molecule has 4 aromatic rings. The van der Waals surface area contributed by atoms with Crippen molar-refractivity contribution in [3.8, 4) is 17.1 Å². The highest BCUT2D eigenvalue weighted by atomic mass is 16.8. The molecule has 0 bridgehead atoms. The predicted octanol–water partition coefficient (Wildman–Crippen LogP) is 5.34. The number of hydrazone groups is 1. The number of nitrogens with one attached hydrogen (secondary N) is 1. The lowest BCUT2D eigenvalue weighted by molar-refractivity contribution is 0.0205. The van der Waals surface area contributed by atoms with Crippen molar-refractivity contribution in [1.29, 1.82) is 0 Å². The van der Waals surface area contributed by atoms with Crippen LogP contribution >= 0.6 is 0 Å². The Hall–Kier alpha value is -4.86. The van der Waals surface area contributed by atoms with E-state index in [0.29, 0.717) is 35.8 Å². The summed E-state index contributed by atoms with van der Waals surface area (Å²) in [5.74, 6) is -0.400. The van der Waals surface area contributed by atoms with E-state index in [0.717, 1.165) is 22.3 Å². The van der Waals surface area contributed by atoms with E-state index in [2.05, 4.69) is 25.2 Å². The van der Waals surface area contributed by atoms with Crippen molar-refractivity contribution in [2.24, 2.45) is 5.10 Å². The average molecular weight is 531 g/mol. The van der Waals surface area contributed by atoms with E-state index < -0.39 is 12.1 Å². The van der Waals surface area contributed by atoms with Gasteiger partial charge in [-0.05, 0) is 49.6 Å². The maximum absolute atomic E-state index is 12.7. The number of hydrogen-bond donors (Lipinski definition) is 1. The Balaban J connectivity index is 1.59. The van der Waals surface area contributed by atoms with Crippen molar-refractivity contribution in [3.05, 3.63) is 83.4 Å². The third-order valence-corrected chi connectivity index (χ3v) is 5.71. The van der Waals surface area contributed by atoms with Crippen molar-refractivity contribution >= 4 is 29.4 Å². The summed E-state index contributed by atoms with van der Waals surface area (Å²) < 4.78 is 17.7. The van der Waals surface area contributed by atoms with Crippen LogP contribution in [0.3, 0.4) is 0 Å². The molecule has 0 spiro atoms. The van der Waals surface area contributed by atoms with Crippen LogP contribution in [-0.2, 0) is 20.9 Å². The zero-order valence-corrected chi connectivity index (χ0v) is 22.0. The van der Waals surface area contributed by atoms with Crippen LogP contribution in [0, 0.1) is 0 Å². The van der Waals surface area contributed by atoms with Gasteiger partial charge in [-0.25, -0.2) is 9.59 Å². The third kappa shape index (κ3) is 6.53. The van der Waals surface area contributed by atoms with Crippen LogP contribution in [0.15, 0.2) is 71.8 Å². The van der Waals surface area contributed by atoms with Gasteiger partial charge in [-0.15, -0.1) is 5.59 Å². The lowest BCUT2D eigenvalue weighted by Gasteiger charge is -2.12. The van der Waals surface area contributed by atoms with Gasteiger partial charge in [0, 0.05) is 5.56 Å². The van der Waals surface area contributed by atoms with Gasteiger partial charge in [-0.3, -0.25) is 9.40 Å². The lowest BCUT2D eigenvalue weighted by atomic mass is 9.99. The number of para-hydroxylation sites is 1. The molecule has 0 fully saturated rings. The molecule has 0 unspecified atom stereocenters. The quantitative estimate of drug-likeness (QED) is 0.157. The molecule has 0 saturated carbocycles. The first-order chi connectivity index (χ1) is 19.0. The van der Waals surface area contributed by atoms with E-state index in [1.807, 2.05) is 66.1 Å². The largest absolute Gasteiger partial charge is 0.534 e. The predicted molar refractivity (Wildman–Crippen MR) is 147 cm³/mol. The fourth-order valence-corrected chi connectivity index (χ4v) is 4.08. The van der Waals surface area contributed by atoms with Crippen molar-refractivity contribution in [3.63, 3.8) is 0 Å².